The van der Waals surface area contributed by atoms with E-state index in [9.17, 15) is 9.59 Å². The minimum absolute atomic E-state index is 0.269. The van der Waals surface area contributed by atoms with Crippen LogP contribution in [0, 0.1) is 5.92 Å². The SMILES string of the molecule is CCCCCCCCCCCCCCC(CC)C(=O)OC(=O)O. The summed E-state index contributed by atoms with van der Waals surface area (Å²) in [7, 11) is 0. The van der Waals surface area contributed by atoms with Gasteiger partial charge in [0.2, 0.25) is 0 Å². The largest absolute Gasteiger partial charge is 0.513 e. The maximum absolute atomic E-state index is 11.5. The number of hydrogen-bond acceptors (Lipinski definition) is 3. The molecule has 4 heteroatoms. The van der Waals surface area contributed by atoms with E-state index in [-0.39, 0.29) is 5.92 Å². The predicted octanol–water partition coefficient (Wildman–Crippen LogP) is 6.33. The minimum Gasteiger partial charge on any atom is -0.449 e. The van der Waals surface area contributed by atoms with Crippen LogP contribution in [0.1, 0.15) is 104 Å². The molecular weight excluding hydrogens is 292 g/mol. The Hall–Kier alpha value is -1.06. The van der Waals surface area contributed by atoms with E-state index in [1.165, 1.54) is 64.2 Å². The third kappa shape index (κ3) is 14.3. The van der Waals surface area contributed by atoms with Gasteiger partial charge in [0.15, 0.2) is 0 Å². The van der Waals surface area contributed by atoms with Gasteiger partial charge in [-0.15, -0.1) is 0 Å². The molecule has 0 aliphatic carbocycles. The predicted molar refractivity (Wildman–Crippen MR) is 93.6 cm³/mol. The van der Waals surface area contributed by atoms with Crippen LogP contribution in [0.15, 0.2) is 0 Å². The lowest BCUT2D eigenvalue weighted by Crippen LogP contribution is -2.19. The molecule has 136 valence electrons. The Labute approximate surface area is 142 Å². The van der Waals surface area contributed by atoms with E-state index in [0.29, 0.717) is 6.42 Å². The molecule has 0 aromatic heterocycles. The molecule has 0 aliphatic heterocycles. The fourth-order valence-electron chi connectivity index (χ4n) is 2.89. The second kappa shape index (κ2) is 15.8. The third-order valence-electron chi connectivity index (χ3n) is 4.42. The van der Waals surface area contributed by atoms with E-state index in [4.69, 9.17) is 5.11 Å². The number of hydrogen-bond donors (Lipinski definition) is 1. The molecule has 0 saturated heterocycles. The van der Waals surface area contributed by atoms with Crippen LogP contribution in [0.4, 0.5) is 4.79 Å². The van der Waals surface area contributed by atoms with Gasteiger partial charge in [0.05, 0.1) is 5.92 Å². The van der Waals surface area contributed by atoms with Gasteiger partial charge in [-0.25, -0.2) is 4.79 Å². The first-order valence-corrected chi connectivity index (χ1v) is 9.56. The van der Waals surface area contributed by atoms with Crippen molar-refractivity contribution in [1.29, 1.82) is 0 Å². The van der Waals surface area contributed by atoms with Crippen molar-refractivity contribution in [1.82, 2.24) is 0 Å². The lowest BCUT2D eigenvalue weighted by molar-refractivity contribution is -0.144. The number of rotatable bonds is 15. The second-order valence-corrected chi connectivity index (χ2v) is 6.47. The molecule has 4 nitrogen and oxygen atoms in total. The van der Waals surface area contributed by atoms with Crippen molar-refractivity contribution in [3.05, 3.63) is 0 Å². The molecule has 0 amide bonds. The fraction of sp³-hybridized carbons (Fsp3) is 0.895. The zero-order valence-electron chi connectivity index (χ0n) is 15.1. The number of ether oxygens (including phenoxy) is 1. The Morgan fingerprint density at radius 3 is 1.61 bits per heavy atom. The van der Waals surface area contributed by atoms with Crippen molar-refractivity contribution in [2.24, 2.45) is 5.92 Å². The Kier molecular flexibility index (Phi) is 15.1. The number of esters is 1. The maximum atomic E-state index is 11.5. The van der Waals surface area contributed by atoms with Gasteiger partial charge in [-0.3, -0.25) is 4.79 Å². The molecular formula is C19H36O4. The zero-order valence-corrected chi connectivity index (χ0v) is 15.1. The van der Waals surface area contributed by atoms with Gasteiger partial charge < -0.3 is 9.84 Å². The Bertz CT molecular complexity index is 302. The van der Waals surface area contributed by atoms with Gasteiger partial charge in [-0.1, -0.05) is 90.9 Å². The summed E-state index contributed by atoms with van der Waals surface area (Å²) in [4.78, 5) is 21.9. The van der Waals surface area contributed by atoms with E-state index in [0.717, 1.165) is 19.3 Å². The zero-order chi connectivity index (χ0) is 17.3. The standard InChI is InChI=1S/C19H36O4/c1-3-5-6-7-8-9-10-11-12-13-14-15-16-17(4-2)18(20)23-19(21)22/h17H,3-16H2,1-2H3,(H,21,22). The van der Waals surface area contributed by atoms with Gasteiger partial charge in [0, 0.05) is 0 Å². The number of carbonyl (C=O) groups excluding carboxylic acids is 1. The lowest BCUT2D eigenvalue weighted by atomic mass is 9.98. The van der Waals surface area contributed by atoms with Gasteiger partial charge in [-0.05, 0) is 12.8 Å². The van der Waals surface area contributed by atoms with Crippen LogP contribution in [0.5, 0.6) is 0 Å². The molecule has 0 aromatic carbocycles. The molecule has 0 rings (SSSR count). The summed E-state index contributed by atoms with van der Waals surface area (Å²) < 4.78 is 4.24. The third-order valence-corrected chi connectivity index (χ3v) is 4.42. The minimum atomic E-state index is -1.50. The average Bonchev–Trinajstić information content (AvgIpc) is 2.51. The topological polar surface area (TPSA) is 63.6 Å². The van der Waals surface area contributed by atoms with Crippen LogP contribution < -0.4 is 0 Å². The van der Waals surface area contributed by atoms with E-state index in [2.05, 4.69) is 11.7 Å². The highest BCUT2D eigenvalue weighted by Crippen LogP contribution is 2.17. The number of unbranched alkanes of at least 4 members (excludes halogenated alkanes) is 11. The van der Waals surface area contributed by atoms with Crippen molar-refractivity contribution in [2.75, 3.05) is 0 Å². The van der Waals surface area contributed by atoms with E-state index in [1.807, 2.05) is 6.92 Å². The monoisotopic (exact) mass is 328 g/mol. The second-order valence-electron chi connectivity index (χ2n) is 6.47. The highest BCUT2D eigenvalue weighted by atomic mass is 16.7. The molecule has 0 radical (unpaired) electrons. The van der Waals surface area contributed by atoms with Crippen LogP contribution in [-0.2, 0) is 9.53 Å². The molecule has 0 bridgehead atoms. The summed E-state index contributed by atoms with van der Waals surface area (Å²) in [6, 6.07) is 0. The van der Waals surface area contributed by atoms with Gasteiger partial charge in [-0.2, -0.15) is 0 Å². The molecule has 0 saturated carbocycles. The van der Waals surface area contributed by atoms with Crippen LogP contribution in [0.2, 0.25) is 0 Å². The maximum Gasteiger partial charge on any atom is 0.513 e. The summed E-state index contributed by atoms with van der Waals surface area (Å²) in [5.41, 5.74) is 0. The fourth-order valence-corrected chi connectivity index (χ4v) is 2.89. The van der Waals surface area contributed by atoms with Gasteiger partial charge in [0.1, 0.15) is 0 Å². The molecule has 1 unspecified atom stereocenters. The summed E-state index contributed by atoms with van der Waals surface area (Å²) in [5, 5.41) is 8.46. The first-order chi connectivity index (χ1) is 11.1. The van der Waals surface area contributed by atoms with Crippen LogP contribution in [0.3, 0.4) is 0 Å². The van der Waals surface area contributed by atoms with E-state index in [1.54, 1.807) is 0 Å². The molecule has 1 N–H and O–H groups in total. The molecule has 23 heavy (non-hydrogen) atoms. The smallest absolute Gasteiger partial charge is 0.449 e. The summed E-state index contributed by atoms with van der Waals surface area (Å²) >= 11 is 0. The lowest BCUT2D eigenvalue weighted by Gasteiger charge is -2.11. The highest BCUT2D eigenvalue weighted by Gasteiger charge is 2.20. The normalized spacial score (nSPS) is 12.1. The van der Waals surface area contributed by atoms with Crippen molar-refractivity contribution < 1.29 is 19.4 Å². The molecule has 0 spiro atoms. The van der Waals surface area contributed by atoms with Crippen molar-refractivity contribution in [3.63, 3.8) is 0 Å². The highest BCUT2D eigenvalue weighted by molar-refractivity contribution is 5.82. The number of carbonyl (C=O) groups is 2. The summed E-state index contributed by atoms with van der Waals surface area (Å²) in [6.07, 6.45) is 15.3. The molecule has 0 aromatic rings. The van der Waals surface area contributed by atoms with E-state index < -0.39 is 12.1 Å². The first kappa shape index (κ1) is 21.9. The van der Waals surface area contributed by atoms with Gasteiger partial charge in [0.25, 0.3) is 0 Å². The molecule has 0 fully saturated rings. The molecule has 1 atom stereocenters. The molecule has 0 aliphatic rings. The summed E-state index contributed by atoms with van der Waals surface area (Å²) in [5.74, 6) is -0.864. The van der Waals surface area contributed by atoms with Crippen LogP contribution >= 0.6 is 0 Å². The Balaban J connectivity index is 3.40. The summed E-state index contributed by atoms with van der Waals surface area (Å²) in [6.45, 7) is 4.14. The quantitative estimate of drug-likeness (QED) is 0.217. The molecule has 0 heterocycles. The Morgan fingerprint density at radius 2 is 1.22 bits per heavy atom. The van der Waals surface area contributed by atoms with Crippen molar-refractivity contribution in [2.45, 2.75) is 104 Å². The average molecular weight is 328 g/mol. The van der Waals surface area contributed by atoms with E-state index >= 15 is 0 Å². The van der Waals surface area contributed by atoms with Gasteiger partial charge >= 0.3 is 12.1 Å². The Morgan fingerprint density at radius 1 is 0.783 bits per heavy atom. The van der Waals surface area contributed by atoms with Crippen LogP contribution in [0.25, 0.3) is 0 Å². The van der Waals surface area contributed by atoms with Crippen LogP contribution in [-0.4, -0.2) is 17.2 Å². The van der Waals surface area contributed by atoms with Crippen molar-refractivity contribution in [3.8, 4) is 0 Å². The number of carboxylic acid groups (broad SMARTS) is 1. The first-order valence-electron chi connectivity index (χ1n) is 9.56. The van der Waals surface area contributed by atoms with Crippen molar-refractivity contribution >= 4 is 12.1 Å².